The number of carbonyl (C=O) groups is 2. The van der Waals surface area contributed by atoms with Crippen molar-refractivity contribution < 1.29 is 9.59 Å². The zero-order chi connectivity index (χ0) is 23.8. The Labute approximate surface area is 199 Å². The van der Waals surface area contributed by atoms with E-state index in [9.17, 15) is 9.59 Å². The number of hydrogen-bond acceptors (Lipinski definition) is 5. The summed E-state index contributed by atoms with van der Waals surface area (Å²) in [5.74, 6) is 2.24. The highest BCUT2D eigenvalue weighted by Gasteiger charge is 2.38. The highest BCUT2D eigenvalue weighted by atomic mass is 16.2. The van der Waals surface area contributed by atoms with Crippen LogP contribution in [0.4, 0.5) is 11.5 Å². The molecule has 1 atom stereocenters. The molecule has 2 aliphatic heterocycles. The lowest BCUT2D eigenvalue weighted by molar-refractivity contribution is -0.136. The molecule has 8 heteroatoms. The van der Waals surface area contributed by atoms with E-state index in [0.29, 0.717) is 32.7 Å². The van der Waals surface area contributed by atoms with Gasteiger partial charge in [0.05, 0.1) is 5.92 Å². The van der Waals surface area contributed by atoms with Crippen LogP contribution in [0, 0.1) is 26.7 Å². The Hall–Kier alpha value is -3.68. The largest absolute Gasteiger partial charge is 0.353 e. The Bertz CT molecular complexity index is 1210. The summed E-state index contributed by atoms with van der Waals surface area (Å²) in [6.07, 6.45) is 4.20. The summed E-state index contributed by atoms with van der Waals surface area (Å²) in [5, 5.41) is 0. The first-order valence-electron chi connectivity index (χ1n) is 11.8. The Morgan fingerprint density at radius 2 is 1.62 bits per heavy atom. The second kappa shape index (κ2) is 8.93. The minimum Gasteiger partial charge on any atom is -0.353 e. The Kier molecular flexibility index (Phi) is 5.81. The number of hydrogen-bond donors (Lipinski definition) is 0. The molecule has 0 bridgehead atoms. The molecule has 2 fully saturated rings. The van der Waals surface area contributed by atoms with Crippen molar-refractivity contribution in [3.8, 4) is 5.82 Å². The molecule has 0 saturated carbocycles. The molecule has 0 spiro atoms. The minimum absolute atomic E-state index is 0.0224. The van der Waals surface area contributed by atoms with E-state index in [1.54, 1.807) is 4.90 Å². The van der Waals surface area contributed by atoms with Crippen LogP contribution >= 0.6 is 0 Å². The fourth-order valence-corrected chi connectivity index (χ4v) is 4.75. The molecule has 0 aliphatic carbocycles. The van der Waals surface area contributed by atoms with Crippen molar-refractivity contribution in [2.24, 2.45) is 5.92 Å². The molecule has 0 N–H and O–H groups in total. The third-order valence-corrected chi connectivity index (χ3v) is 6.87. The number of aryl methyl sites for hydroxylation is 3. The number of carbonyl (C=O) groups excluding carboxylic acids is 2. The van der Waals surface area contributed by atoms with Gasteiger partial charge in [0.25, 0.3) is 0 Å². The standard InChI is InChI=1S/C26H30N6O2/c1-18-6-7-22(14-19(18)2)32-17-21(15-25(32)33)26(34)31-12-10-30(11-13-31)24-16-23(27-20(3)28-24)29-8-4-5-9-29/h4-9,14,16,21H,10-13,15,17H2,1-3H3. The summed E-state index contributed by atoms with van der Waals surface area (Å²) in [7, 11) is 0. The second-order valence-electron chi connectivity index (χ2n) is 9.21. The molecule has 8 nitrogen and oxygen atoms in total. The fourth-order valence-electron chi connectivity index (χ4n) is 4.75. The molecule has 1 unspecified atom stereocenters. The fraction of sp³-hybridized carbons (Fsp3) is 0.385. The van der Waals surface area contributed by atoms with Gasteiger partial charge in [0.1, 0.15) is 17.5 Å². The number of aromatic nitrogens is 3. The summed E-state index contributed by atoms with van der Waals surface area (Å²) in [4.78, 5) is 41.0. The number of benzene rings is 1. The van der Waals surface area contributed by atoms with Crippen molar-refractivity contribution in [3.05, 3.63) is 65.7 Å². The maximum atomic E-state index is 13.3. The van der Waals surface area contributed by atoms with Gasteiger partial charge in [-0.1, -0.05) is 6.07 Å². The van der Waals surface area contributed by atoms with Crippen molar-refractivity contribution >= 4 is 23.3 Å². The van der Waals surface area contributed by atoms with Crippen LogP contribution in [0.15, 0.2) is 48.8 Å². The van der Waals surface area contributed by atoms with Crippen LogP contribution in [0.25, 0.3) is 5.82 Å². The molecule has 2 amide bonds. The number of anilines is 2. The first kappa shape index (κ1) is 22.1. The molecular formula is C26H30N6O2. The predicted octanol–water partition coefficient (Wildman–Crippen LogP) is 2.89. The zero-order valence-corrected chi connectivity index (χ0v) is 19.9. The number of amides is 2. The maximum Gasteiger partial charge on any atom is 0.228 e. The van der Waals surface area contributed by atoms with Gasteiger partial charge < -0.3 is 19.3 Å². The summed E-state index contributed by atoms with van der Waals surface area (Å²) < 4.78 is 1.97. The molecule has 4 heterocycles. The van der Waals surface area contributed by atoms with Crippen LogP contribution in [0.3, 0.4) is 0 Å². The van der Waals surface area contributed by atoms with E-state index in [2.05, 4.69) is 21.8 Å². The normalized spacial score (nSPS) is 18.6. The first-order valence-corrected chi connectivity index (χ1v) is 11.8. The summed E-state index contributed by atoms with van der Waals surface area (Å²) in [6.45, 7) is 9.09. The van der Waals surface area contributed by atoms with Gasteiger partial charge in [-0.2, -0.15) is 0 Å². The van der Waals surface area contributed by atoms with Gasteiger partial charge in [0.2, 0.25) is 11.8 Å². The number of piperazine rings is 1. The van der Waals surface area contributed by atoms with E-state index < -0.39 is 0 Å². The lowest BCUT2D eigenvalue weighted by Crippen LogP contribution is -2.51. The van der Waals surface area contributed by atoms with Gasteiger partial charge in [-0.25, -0.2) is 9.97 Å². The van der Waals surface area contributed by atoms with E-state index in [0.717, 1.165) is 28.7 Å². The monoisotopic (exact) mass is 458 g/mol. The van der Waals surface area contributed by atoms with Gasteiger partial charge in [-0.3, -0.25) is 9.59 Å². The van der Waals surface area contributed by atoms with Crippen molar-refractivity contribution in [2.45, 2.75) is 27.2 Å². The van der Waals surface area contributed by atoms with E-state index in [4.69, 9.17) is 0 Å². The molecular weight excluding hydrogens is 428 g/mol. The van der Waals surface area contributed by atoms with Crippen LogP contribution < -0.4 is 9.80 Å². The lowest BCUT2D eigenvalue weighted by atomic mass is 10.1. The number of rotatable bonds is 4. The molecule has 176 valence electrons. The van der Waals surface area contributed by atoms with Crippen molar-refractivity contribution in [2.75, 3.05) is 42.5 Å². The molecule has 1 aromatic carbocycles. The maximum absolute atomic E-state index is 13.3. The molecule has 2 aromatic heterocycles. The Morgan fingerprint density at radius 1 is 0.912 bits per heavy atom. The highest BCUT2D eigenvalue weighted by molar-refractivity contribution is 6.00. The number of nitrogens with zero attached hydrogens (tertiary/aromatic N) is 6. The van der Waals surface area contributed by atoms with Gasteiger partial charge in [0.15, 0.2) is 0 Å². The average molecular weight is 459 g/mol. The van der Waals surface area contributed by atoms with Crippen LogP contribution in [0.1, 0.15) is 23.4 Å². The van der Waals surface area contributed by atoms with Gasteiger partial charge in [-0.15, -0.1) is 0 Å². The first-order chi connectivity index (χ1) is 16.4. The van der Waals surface area contributed by atoms with Gasteiger partial charge >= 0.3 is 0 Å². The Morgan fingerprint density at radius 3 is 2.32 bits per heavy atom. The molecule has 2 aliphatic rings. The zero-order valence-electron chi connectivity index (χ0n) is 19.9. The van der Waals surface area contributed by atoms with Crippen molar-refractivity contribution in [1.29, 1.82) is 0 Å². The third kappa shape index (κ3) is 4.27. The van der Waals surface area contributed by atoms with E-state index in [1.807, 2.05) is 72.1 Å². The molecule has 5 rings (SSSR count). The van der Waals surface area contributed by atoms with E-state index in [-0.39, 0.29) is 24.2 Å². The topological polar surface area (TPSA) is 74.6 Å². The van der Waals surface area contributed by atoms with Crippen LogP contribution in [-0.4, -0.2) is 64.0 Å². The smallest absolute Gasteiger partial charge is 0.228 e. The van der Waals surface area contributed by atoms with Gasteiger partial charge in [0, 0.05) is 63.3 Å². The Balaban J connectivity index is 1.23. The molecule has 34 heavy (non-hydrogen) atoms. The van der Waals surface area contributed by atoms with Crippen LogP contribution in [-0.2, 0) is 9.59 Å². The van der Waals surface area contributed by atoms with Crippen molar-refractivity contribution in [1.82, 2.24) is 19.4 Å². The molecule has 3 aromatic rings. The van der Waals surface area contributed by atoms with Gasteiger partial charge in [-0.05, 0) is 56.2 Å². The summed E-state index contributed by atoms with van der Waals surface area (Å²) >= 11 is 0. The SMILES string of the molecule is Cc1nc(N2CCN(C(=O)C3CC(=O)N(c4ccc(C)c(C)c4)C3)CC2)cc(-n2cccc2)n1. The van der Waals surface area contributed by atoms with E-state index in [1.165, 1.54) is 5.56 Å². The quantitative estimate of drug-likeness (QED) is 0.601. The van der Waals surface area contributed by atoms with E-state index >= 15 is 0 Å². The molecule has 0 radical (unpaired) electrons. The highest BCUT2D eigenvalue weighted by Crippen LogP contribution is 2.28. The molecule has 2 saturated heterocycles. The van der Waals surface area contributed by atoms with Crippen LogP contribution in [0.2, 0.25) is 0 Å². The second-order valence-corrected chi connectivity index (χ2v) is 9.21. The summed E-state index contributed by atoms with van der Waals surface area (Å²) in [6, 6.07) is 12.0. The third-order valence-electron chi connectivity index (χ3n) is 6.87. The summed E-state index contributed by atoms with van der Waals surface area (Å²) in [5.41, 5.74) is 3.22. The van der Waals surface area contributed by atoms with Crippen molar-refractivity contribution in [3.63, 3.8) is 0 Å². The minimum atomic E-state index is -0.290. The predicted molar refractivity (Wildman–Crippen MR) is 131 cm³/mol. The average Bonchev–Trinajstić information content (AvgIpc) is 3.50. The lowest BCUT2D eigenvalue weighted by Gasteiger charge is -2.36. The van der Waals surface area contributed by atoms with Crippen LogP contribution in [0.5, 0.6) is 0 Å².